The van der Waals surface area contributed by atoms with Crippen molar-refractivity contribution in [3.05, 3.63) is 28.5 Å². The summed E-state index contributed by atoms with van der Waals surface area (Å²) < 4.78 is 1.95. The summed E-state index contributed by atoms with van der Waals surface area (Å²) in [7, 11) is 1.94. The van der Waals surface area contributed by atoms with Gasteiger partial charge in [0.05, 0.1) is 23.4 Å². The van der Waals surface area contributed by atoms with Gasteiger partial charge in [-0.05, 0) is 13.5 Å². The monoisotopic (exact) mass is 237 g/mol. The van der Waals surface area contributed by atoms with Crippen LogP contribution in [-0.4, -0.2) is 27.0 Å². The van der Waals surface area contributed by atoms with Crippen LogP contribution < -0.4 is 5.32 Å². The highest BCUT2D eigenvalue weighted by atomic mass is 32.1. The molecular formula is C10H15N5S. The average molecular weight is 237 g/mol. The van der Waals surface area contributed by atoms with E-state index in [2.05, 4.69) is 27.5 Å². The maximum atomic E-state index is 4.11. The van der Waals surface area contributed by atoms with E-state index in [0.29, 0.717) is 0 Å². The minimum atomic E-state index is 0.133. The highest BCUT2D eigenvalue weighted by Gasteiger charge is 2.18. The SMILES string of the molecule is CCCn1nncc1C(NC)c1cncs1. The Balaban J connectivity index is 2.30. The fourth-order valence-electron chi connectivity index (χ4n) is 1.68. The van der Waals surface area contributed by atoms with E-state index in [-0.39, 0.29) is 6.04 Å². The lowest BCUT2D eigenvalue weighted by molar-refractivity contribution is 0.525. The molecule has 6 heteroatoms. The third-order valence-electron chi connectivity index (χ3n) is 2.40. The highest BCUT2D eigenvalue weighted by molar-refractivity contribution is 7.09. The molecule has 0 fully saturated rings. The van der Waals surface area contributed by atoms with Gasteiger partial charge in [0.1, 0.15) is 0 Å². The van der Waals surface area contributed by atoms with E-state index in [1.54, 1.807) is 11.3 Å². The number of nitrogens with zero attached hydrogens (tertiary/aromatic N) is 4. The second kappa shape index (κ2) is 5.18. The Morgan fingerprint density at radius 3 is 3.00 bits per heavy atom. The van der Waals surface area contributed by atoms with Crippen LogP contribution in [0.2, 0.25) is 0 Å². The number of nitrogens with one attached hydrogen (secondary N) is 1. The molecule has 2 aromatic heterocycles. The molecule has 5 nitrogen and oxygen atoms in total. The zero-order valence-electron chi connectivity index (χ0n) is 9.42. The molecule has 0 amide bonds. The Hall–Kier alpha value is -1.27. The molecule has 1 atom stereocenters. The summed E-state index contributed by atoms with van der Waals surface area (Å²) in [4.78, 5) is 5.29. The largest absolute Gasteiger partial charge is 0.307 e. The van der Waals surface area contributed by atoms with Crippen molar-refractivity contribution < 1.29 is 0 Å². The van der Waals surface area contributed by atoms with Gasteiger partial charge in [0.25, 0.3) is 0 Å². The minimum absolute atomic E-state index is 0.133. The summed E-state index contributed by atoms with van der Waals surface area (Å²) in [6.45, 7) is 3.03. The molecule has 0 saturated heterocycles. The first kappa shape index (κ1) is 11.2. The van der Waals surface area contributed by atoms with Gasteiger partial charge in [-0.15, -0.1) is 16.4 Å². The average Bonchev–Trinajstić information content (AvgIpc) is 2.92. The van der Waals surface area contributed by atoms with E-state index in [0.717, 1.165) is 18.7 Å². The van der Waals surface area contributed by atoms with E-state index >= 15 is 0 Å². The number of hydrogen-bond donors (Lipinski definition) is 1. The Bertz CT molecular complexity index is 422. The first-order chi connectivity index (χ1) is 7.86. The maximum Gasteiger partial charge on any atom is 0.0872 e. The van der Waals surface area contributed by atoms with Crippen molar-refractivity contribution in [3.63, 3.8) is 0 Å². The zero-order chi connectivity index (χ0) is 11.4. The maximum absolute atomic E-state index is 4.11. The van der Waals surface area contributed by atoms with E-state index < -0.39 is 0 Å². The summed E-state index contributed by atoms with van der Waals surface area (Å²) >= 11 is 1.64. The van der Waals surface area contributed by atoms with Crippen LogP contribution in [0.5, 0.6) is 0 Å². The van der Waals surface area contributed by atoms with Crippen LogP contribution in [0.1, 0.15) is 30.0 Å². The molecule has 0 aliphatic heterocycles. The van der Waals surface area contributed by atoms with Crippen molar-refractivity contribution in [1.29, 1.82) is 0 Å². The molecule has 2 rings (SSSR count). The Morgan fingerprint density at radius 2 is 2.38 bits per heavy atom. The van der Waals surface area contributed by atoms with E-state index in [4.69, 9.17) is 0 Å². The molecule has 0 aliphatic rings. The summed E-state index contributed by atoms with van der Waals surface area (Å²) in [5.74, 6) is 0. The molecule has 86 valence electrons. The van der Waals surface area contributed by atoms with Gasteiger partial charge in [-0.25, -0.2) is 4.68 Å². The Labute approximate surface area is 98.5 Å². The van der Waals surface area contributed by atoms with E-state index in [9.17, 15) is 0 Å². The third kappa shape index (κ3) is 2.12. The molecule has 0 radical (unpaired) electrons. The van der Waals surface area contributed by atoms with Crippen molar-refractivity contribution in [2.45, 2.75) is 25.9 Å². The Morgan fingerprint density at radius 1 is 1.50 bits per heavy atom. The lowest BCUT2D eigenvalue weighted by atomic mass is 10.2. The second-order valence-corrected chi connectivity index (χ2v) is 4.43. The molecule has 2 aromatic rings. The van der Waals surface area contributed by atoms with Crippen molar-refractivity contribution in [2.75, 3.05) is 7.05 Å². The van der Waals surface area contributed by atoms with Gasteiger partial charge in [-0.2, -0.15) is 0 Å². The third-order valence-corrected chi connectivity index (χ3v) is 3.24. The van der Waals surface area contributed by atoms with Crippen LogP contribution >= 0.6 is 11.3 Å². The predicted molar refractivity (Wildman–Crippen MR) is 63.3 cm³/mol. The van der Waals surface area contributed by atoms with Crippen molar-refractivity contribution in [2.24, 2.45) is 0 Å². The minimum Gasteiger partial charge on any atom is -0.307 e. The summed E-state index contributed by atoms with van der Waals surface area (Å²) in [6, 6.07) is 0.133. The van der Waals surface area contributed by atoms with Crippen LogP contribution in [0.4, 0.5) is 0 Å². The zero-order valence-corrected chi connectivity index (χ0v) is 10.2. The molecule has 0 aromatic carbocycles. The summed E-state index contributed by atoms with van der Waals surface area (Å²) in [5, 5.41) is 11.3. The number of hydrogen-bond acceptors (Lipinski definition) is 5. The summed E-state index contributed by atoms with van der Waals surface area (Å²) in [5.41, 5.74) is 2.93. The standard InChI is InChI=1S/C10H15N5S/c1-3-4-15-8(5-13-14-15)10(11-2)9-6-12-7-16-9/h5-7,10-11H,3-4H2,1-2H3. The second-order valence-electron chi connectivity index (χ2n) is 3.51. The van der Waals surface area contributed by atoms with Crippen molar-refractivity contribution in [3.8, 4) is 0 Å². The van der Waals surface area contributed by atoms with Gasteiger partial charge in [0.2, 0.25) is 0 Å². The van der Waals surface area contributed by atoms with Gasteiger partial charge >= 0.3 is 0 Å². The van der Waals surface area contributed by atoms with Gasteiger partial charge in [0.15, 0.2) is 0 Å². The number of aryl methyl sites for hydroxylation is 1. The molecule has 0 saturated carbocycles. The lowest BCUT2D eigenvalue weighted by Crippen LogP contribution is -2.20. The van der Waals surface area contributed by atoms with Crippen molar-refractivity contribution >= 4 is 11.3 Å². The molecule has 1 N–H and O–H groups in total. The predicted octanol–water partition coefficient (Wildman–Crippen LogP) is 1.45. The topological polar surface area (TPSA) is 55.6 Å². The van der Waals surface area contributed by atoms with Gasteiger partial charge < -0.3 is 5.32 Å². The van der Waals surface area contributed by atoms with Crippen LogP contribution in [0.3, 0.4) is 0 Å². The highest BCUT2D eigenvalue weighted by Crippen LogP contribution is 2.23. The number of rotatable bonds is 5. The normalized spacial score (nSPS) is 12.9. The van der Waals surface area contributed by atoms with Crippen LogP contribution in [0.15, 0.2) is 17.9 Å². The smallest absolute Gasteiger partial charge is 0.0872 e. The molecular weight excluding hydrogens is 222 g/mol. The van der Waals surface area contributed by atoms with E-state index in [1.807, 2.05) is 29.6 Å². The molecule has 0 spiro atoms. The fraction of sp³-hybridized carbons (Fsp3) is 0.500. The summed E-state index contributed by atoms with van der Waals surface area (Å²) in [6.07, 6.45) is 4.75. The lowest BCUT2D eigenvalue weighted by Gasteiger charge is -2.14. The van der Waals surface area contributed by atoms with Crippen LogP contribution in [0.25, 0.3) is 0 Å². The van der Waals surface area contributed by atoms with E-state index in [1.165, 1.54) is 4.88 Å². The number of thiazole rings is 1. The van der Waals surface area contributed by atoms with Crippen LogP contribution in [0, 0.1) is 0 Å². The van der Waals surface area contributed by atoms with Gasteiger partial charge in [-0.1, -0.05) is 12.1 Å². The quantitative estimate of drug-likeness (QED) is 0.855. The molecule has 1 unspecified atom stereocenters. The molecule has 16 heavy (non-hydrogen) atoms. The van der Waals surface area contributed by atoms with Gasteiger partial charge in [0, 0.05) is 17.6 Å². The first-order valence-electron chi connectivity index (χ1n) is 5.30. The molecule has 0 aliphatic carbocycles. The molecule has 2 heterocycles. The van der Waals surface area contributed by atoms with Gasteiger partial charge in [-0.3, -0.25) is 4.98 Å². The fourth-order valence-corrected chi connectivity index (χ4v) is 2.42. The number of aromatic nitrogens is 4. The molecule has 0 bridgehead atoms. The Kier molecular flexibility index (Phi) is 3.63. The first-order valence-corrected chi connectivity index (χ1v) is 6.18. The van der Waals surface area contributed by atoms with Crippen molar-refractivity contribution in [1.82, 2.24) is 25.3 Å². The van der Waals surface area contributed by atoms with Crippen LogP contribution in [-0.2, 0) is 6.54 Å².